The van der Waals surface area contributed by atoms with Crippen molar-refractivity contribution < 1.29 is 19.1 Å². The van der Waals surface area contributed by atoms with Crippen LogP contribution >= 0.6 is 0 Å². The van der Waals surface area contributed by atoms with Gasteiger partial charge in [-0.3, -0.25) is 14.4 Å². The highest BCUT2D eigenvalue weighted by molar-refractivity contribution is 6.01. The van der Waals surface area contributed by atoms with E-state index in [1.54, 1.807) is 23.1 Å². The van der Waals surface area contributed by atoms with Gasteiger partial charge in [0.2, 0.25) is 5.91 Å². The van der Waals surface area contributed by atoms with Crippen LogP contribution in [0.1, 0.15) is 35.2 Å². The Kier molecular flexibility index (Phi) is 4.63. The summed E-state index contributed by atoms with van der Waals surface area (Å²) in [4.78, 5) is 40.5. The second-order valence-electron chi connectivity index (χ2n) is 7.07. The van der Waals surface area contributed by atoms with E-state index in [-0.39, 0.29) is 23.8 Å². The van der Waals surface area contributed by atoms with E-state index >= 15 is 0 Å². The smallest absolute Gasteiger partial charge is 0.253 e. The van der Waals surface area contributed by atoms with Crippen molar-refractivity contribution in [2.24, 2.45) is 0 Å². The van der Waals surface area contributed by atoms with Gasteiger partial charge in [0, 0.05) is 44.0 Å². The van der Waals surface area contributed by atoms with Crippen molar-refractivity contribution in [1.82, 2.24) is 9.80 Å². The number of nitrogens with one attached hydrogen (secondary N) is 1. The molecule has 3 aliphatic heterocycles. The van der Waals surface area contributed by atoms with Crippen molar-refractivity contribution in [2.75, 3.05) is 38.1 Å². The number of anilines is 1. The van der Waals surface area contributed by atoms with Crippen LogP contribution in [0.2, 0.25) is 0 Å². The molecule has 3 heterocycles. The summed E-state index contributed by atoms with van der Waals surface area (Å²) < 4.78 is 5.50. The third-order valence-corrected chi connectivity index (χ3v) is 5.28. The number of amides is 3. The van der Waals surface area contributed by atoms with E-state index in [0.717, 1.165) is 30.5 Å². The van der Waals surface area contributed by atoms with E-state index in [4.69, 9.17) is 4.74 Å². The molecule has 4 rings (SSSR count). The van der Waals surface area contributed by atoms with Gasteiger partial charge < -0.3 is 19.9 Å². The van der Waals surface area contributed by atoms with E-state index < -0.39 is 0 Å². The molecule has 0 aromatic heterocycles. The molecule has 138 valence electrons. The zero-order chi connectivity index (χ0) is 18.1. The number of ether oxygens (including phenoxy) is 1. The number of hydrogen-bond acceptors (Lipinski definition) is 4. The summed E-state index contributed by atoms with van der Waals surface area (Å²) in [5.41, 5.74) is 2.25. The summed E-state index contributed by atoms with van der Waals surface area (Å²) in [6.07, 6.45) is 2.50. The van der Waals surface area contributed by atoms with Crippen LogP contribution in [0.25, 0.3) is 0 Å². The van der Waals surface area contributed by atoms with E-state index in [2.05, 4.69) is 5.32 Å². The van der Waals surface area contributed by atoms with Gasteiger partial charge >= 0.3 is 0 Å². The first-order valence-corrected chi connectivity index (χ1v) is 9.24. The van der Waals surface area contributed by atoms with Crippen LogP contribution in [0, 0.1) is 0 Å². The van der Waals surface area contributed by atoms with Gasteiger partial charge in [0.1, 0.15) is 6.10 Å². The second kappa shape index (κ2) is 7.07. The minimum Gasteiger partial charge on any atom is -0.368 e. The van der Waals surface area contributed by atoms with Crippen LogP contribution in [0.4, 0.5) is 5.69 Å². The second-order valence-corrected chi connectivity index (χ2v) is 7.07. The molecule has 7 nitrogen and oxygen atoms in total. The lowest BCUT2D eigenvalue weighted by Gasteiger charge is -2.24. The van der Waals surface area contributed by atoms with E-state index in [9.17, 15) is 14.4 Å². The van der Waals surface area contributed by atoms with Crippen LogP contribution in [-0.4, -0.2) is 66.4 Å². The average Bonchev–Trinajstić information content (AvgIpc) is 3.23. The molecule has 2 fully saturated rings. The molecule has 3 aliphatic rings. The van der Waals surface area contributed by atoms with E-state index in [1.165, 1.54) is 0 Å². The summed E-state index contributed by atoms with van der Waals surface area (Å²) in [6, 6.07) is 5.35. The zero-order valence-electron chi connectivity index (χ0n) is 14.7. The largest absolute Gasteiger partial charge is 0.368 e. The molecular weight excluding hydrogens is 334 g/mol. The fraction of sp³-hybridized carbons (Fsp3) is 0.526. The third-order valence-electron chi connectivity index (χ3n) is 5.28. The standard InChI is InChI=1S/C19H23N3O4/c23-17-12-14-11-13(4-5-15(14)20-17)18(24)21-6-2-7-22(9-8-21)19(25)16-3-1-10-26-16/h4-5,11,16H,1-3,6-10,12H2,(H,20,23). The first-order chi connectivity index (χ1) is 12.6. The number of benzene rings is 1. The Morgan fingerprint density at radius 1 is 1.08 bits per heavy atom. The first kappa shape index (κ1) is 17.0. The number of nitrogens with zero attached hydrogens (tertiary/aromatic N) is 2. The fourth-order valence-electron chi connectivity index (χ4n) is 3.86. The molecule has 3 amide bonds. The Morgan fingerprint density at radius 3 is 2.69 bits per heavy atom. The van der Waals surface area contributed by atoms with Gasteiger partial charge in [0.25, 0.3) is 11.8 Å². The summed E-state index contributed by atoms with van der Waals surface area (Å²) in [5, 5.41) is 2.78. The summed E-state index contributed by atoms with van der Waals surface area (Å²) >= 11 is 0. The van der Waals surface area contributed by atoms with Gasteiger partial charge in [-0.1, -0.05) is 0 Å². The molecule has 7 heteroatoms. The molecular formula is C19H23N3O4. The monoisotopic (exact) mass is 357 g/mol. The number of rotatable bonds is 2. The van der Waals surface area contributed by atoms with E-state index in [1.807, 2.05) is 4.90 Å². The summed E-state index contributed by atoms with van der Waals surface area (Å²) in [6.45, 7) is 3.00. The van der Waals surface area contributed by atoms with Crippen LogP contribution < -0.4 is 5.32 Å². The maximum Gasteiger partial charge on any atom is 0.253 e. The topological polar surface area (TPSA) is 79.0 Å². The molecule has 1 N–H and O–H groups in total. The predicted octanol–water partition coefficient (Wildman–Crippen LogP) is 1.03. The van der Waals surface area contributed by atoms with Gasteiger partial charge in [0.15, 0.2) is 0 Å². The normalized spacial score (nSPS) is 22.8. The quantitative estimate of drug-likeness (QED) is 0.858. The van der Waals surface area contributed by atoms with Crippen LogP contribution in [0.5, 0.6) is 0 Å². The average molecular weight is 357 g/mol. The highest BCUT2D eigenvalue weighted by atomic mass is 16.5. The minimum atomic E-state index is -0.306. The zero-order valence-corrected chi connectivity index (χ0v) is 14.7. The van der Waals surface area contributed by atoms with Gasteiger partial charge in [0.05, 0.1) is 6.42 Å². The molecule has 1 aromatic rings. The van der Waals surface area contributed by atoms with Crippen molar-refractivity contribution in [2.45, 2.75) is 31.8 Å². The van der Waals surface area contributed by atoms with Crippen LogP contribution in [-0.2, 0) is 20.7 Å². The molecule has 1 unspecified atom stereocenters. The number of carbonyl (C=O) groups is 3. The van der Waals surface area contributed by atoms with Gasteiger partial charge in [-0.05, 0) is 43.0 Å². The van der Waals surface area contributed by atoms with Crippen molar-refractivity contribution in [3.63, 3.8) is 0 Å². The Bertz CT molecular complexity index is 742. The van der Waals surface area contributed by atoms with Gasteiger partial charge in [-0.25, -0.2) is 0 Å². The number of carbonyl (C=O) groups excluding carboxylic acids is 3. The molecule has 0 radical (unpaired) electrons. The Morgan fingerprint density at radius 2 is 1.88 bits per heavy atom. The molecule has 0 spiro atoms. The highest BCUT2D eigenvalue weighted by Gasteiger charge is 2.30. The van der Waals surface area contributed by atoms with E-state index in [0.29, 0.717) is 44.8 Å². The van der Waals surface area contributed by atoms with Crippen molar-refractivity contribution in [3.8, 4) is 0 Å². The van der Waals surface area contributed by atoms with Crippen molar-refractivity contribution in [1.29, 1.82) is 0 Å². The van der Waals surface area contributed by atoms with Crippen LogP contribution in [0.15, 0.2) is 18.2 Å². The predicted molar refractivity (Wildman–Crippen MR) is 94.9 cm³/mol. The lowest BCUT2D eigenvalue weighted by Crippen LogP contribution is -2.41. The van der Waals surface area contributed by atoms with Crippen LogP contribution in [0.3, 0.4) is 0 Å². The molecule has 1 aromatic carbocycles. The third kappa shape index (κ3) is 3.31. The Balaban J connectivity index is 1.41. The Labute approximate surface area is 152 Å². The van der Waals surface area contributed by atoms with Crippen molar-refractivity contribution in [3.05, 3.63) is 29.3 Å². The molecule has 1 atom stereocenters. The first-order valence-electron chi connectivity index (χ1n) is 9.24. The highest BCUT2D eigenvalue weighted by Crippen LogP contribution is 2.25. The van der Waals surface area contributed by atoms with Gasteiger partial charge in [-0.2, -0.15) is 0 Å². The number of hydrogen-bond donors (Lipinski definition) is 1. The number of fused-ring (bicyclic) bond motifs is 1. The SMILES string of the molecule is O=C1Cc2cc(C(=O)N3CCCN(C(=O)C4CCCO4)CC3)ccc2N1. The maximum atomic E-state index is 12.9. The lowest BCUT2D eigenvalue weighted by atomic mass is 10.1. The maximum absolute atomic E-state index is 12.9. The Hall–Kier alpha value is -2.41. The lowest BCUT2D eigenvalue weighted by molar-refractivity contribution is -0.140. The molecule has 0 saturated carbocycles. The summed E-state index contributed by atoms with van der Waals surface area (Å²) in [7, 11) is 0. The summed E-state index contributed by atoms with van der Waals surface area (Å²) in [5.74, 6) is -0.0276. The molecule has 0 aliphatic carbocycles. The molecule has 26 heavy (non-hydrogen) atoms. The molecule has 2 saturated heterocycles. The molecule has 0 bridgehead atoms. The minimum absolute atomic E-state index is 0.0392. The van der Waals surface area contributed by atoms with Gasteiger partial charge in [-0.15, -0.1) is 0 Å². The van der Waals surface area contributed by atoms with Crippen molar-refractivity contribution >= 4 is 23.4 Å². The fourth-order valence-corrected chi connectivity index (χ4v) is 3.86.